The number of aryl methyl sites for hydroxylation is 1. The fraction of sp³-hybridized carbons (Fsp3) is 0.467. The molecule has 4 nitrogen and oxygen atoms in total. The van der Waals surface area contributed by atoms with E-state index in [0.29, 0.717) is 0 Å². The minimum absolute atomic E-state index is 0.0493. The molecule has 0 bridgehead atoms. The zero-order valence-corrected chi connectivity index (χ0v) is 12.3. The monoisotopic (exact) mass is 288 g/mol. The Morgan fingerprint density at radius 1 is 1.15 bits per heavy atom. The molecule has 20 heavy (non-hydrogen) atoms. The molecule has 1 aliphatic carbocycles. The van der Waals surface area contributed by atoms with Crippen LogP contribution < -0.4 is 0 Å². The SMILES string of the molecule is CCc1ccc([C@@H]2[C@@H](S(=O)(=O)CC)C2(C#N)C#N)cc1. The Balaban J connectivity index is 2.45. The number of nitrogens with zero attached hydrogens (tertiary/aromatic N) is 2. The second-order valence-electron chi connectivity index (χ2n) is 5.04. The molecule has 0 amide bonds. The molecular weight excluding hydrogens is 272 g/mol. The Morgan fingerprint density at radius 3 is 2.10 bits per heavy atom. The van der Waals surface area contributed by atoms with E-state index in [-0.39, 0.29) is 5.75 Å². The van der Waals surface area contributed by atoms with E-state index in [1.54, 1.807) is 6.92 Å². The maximum absolute atomic E-state index is 12.1. The van der Waals surface area contributed by atoms with Crippen molar-refractivity contribution in [3.63, 3.8) is 0 Å². The number of hydrogen-bond donors (Lipinski definition) is 0. The summed E-state index contributed by atoms with van der Waals surface area (Å²) in [7, 11) is -3.41. The van der Waals surface area contributed by atoms with Crippen molar-refractivity contribution in [1.82, 2.24) is 0 Å². The maximum atomic E-state index is 12.1. The van der Waals surface area contributed by atoms with E-state index < -0.39 is 26.4 Å². The molecule has 0 heterocycles. The first-order valence-corrected chi connectivity index (χ1v) is 8.31. The molecule has 0 aromatic heterocycles. The summed E-state index contributed by atoms with van der Waals surface area (Å²) >= 11 is 0. The molecule has 0 aliphatic heterocycles. The van der Waals surface area contributed by atoms with Gasteiger partial charge < -0.3 is 0 Å². The van der Waals surface area contributed by atoms with E-state index in [2.05, 4.69) is 0 Å². The summed E-state index contributed by atoms with van der Waals surface area (Å²) in [6.45, 7) is 3.58. The minimum atomic E-state index is -3.41. The third-order valence-electron chi connectivity index (χ3n) is 4.04. The number of nitriles is 2. The highest BCUT2D eigenvalue weighted by molar-refractivity contribution is 7.92. The molecule has 2 rings (SSSR count). The smallest absolute Gasteiger partial charge is 0.169 e. The quantitative estimate of drug-likeness (QED) is 0.850. The number of hydrogen-bond acceptors (Lipinski definition) is 4. The summed E-state index contributed by atoms with van der Waals surface area (Å²) < 4.78 is 24.2. The van der Waals surface area contributed by atoms with Gasteiger partial charge in [0.15, 0.2) is 15.3 Å². The predicted octanol–water partition coefficient (Wildman–Crippen LogP) is 2.18. The van der Waals surface area contributed by atoms with Gasteiger partial charge in [-0.1, -0.05) is 38.1 Å². The van der Waals surface area contributed by atoms with Gasteiger partial charge in [-0.3, -0.25) is 0 Å². The Morgan fingerprint density at radius 2 is 1.70 bits per heavy atom. The van der Waals surface area contributed by atoms with Gasteiger partial charge in [-0.05, 0) is 17.5 Å². The van der Waals surface area contributed by atoms with Gasteiger partial charge in [-0.25, -0.2) is 8.42 Å². The third-order valence-corrected chi connectivity index (χ3v) is 6.26. The Labute approximate surface area is 119 Å². The molecule has 1 aromatic rings. The van der Waals surface area contributed by atoms with Gasteiger partial charge >= 0.3 is 0 Å². The van der Waals surface area contributed by atoms with Crippen molar-refractivity contribution in [3.05, 3.63) is 35.4 Å². The van der Waals surface area contributed by atoms with Crippen molar-refractivity contribution < 1.29 is 8.42 Å². The van der Waals surface area contributed by atoms with Crippen LogP contribution in [0.25, 0.3) is 0 Å². The van der Waals surface area contributed by atoms with Crippen LogP contribution in [-0.2, 0) is 16.3 Å². The molecule has 1 saturated carbocycles. The third kappa shape index (κ3) is 1.99. The second kappa shape index (κ2) is 4.92. The predicted molar refractivity (Wildman–Crippen MR) is 75.5 cm³/mol. The molecule has 0 radical (unpaired) electrons. The molecule has 104 valence electrons. The van der Waals surface area contributed by atoms with Crippen molar-refractivity contribution in [2.75, 3.05) is 5.75 Å². The highest BCUT2D eigenvalue weighted by Gasteiger charge is 2.72. The standard InChI is InChI=1S/C15H16N2O2S/c1-3-11-5-7-12(8-6-11)13-14(20(18,19)4-2)15(13,9-16)10-17/h5-8,13-14H,3-4H2,1-2H3/t13-,14-/m1/s1. The summed E-state index contributed by atoms with van der Waals surface area (Å²) in [5, 5.41) is 17.7. The molecular formula is C15H16N2O2S. The summed E-state index contributed by atoms with van der Waals surface area (Å²) in [4.78, 5) is 0. The largest absolute Gasteiger partial charge is 0.228 e. The molecule has 1 aliphatic rings. The van der Waals surface area contributed by atoms with Gasteiger partial charge in [0.25, 0.3) is 0 Å². The van der Waals surface area contributed by atoms with Crippen LogP contribution in [0.3, 0.4) is 0 Å². The minimum Gasteiger partial charge on any atom is -0.228 e. The lowest BCUT2D eigenvalue weighted by Gasteiger charge is -2.02. The second-order valence-corrected chi connectivity index (χ2v) is 7.45. The molecule has 0 unspecified atom stereocenters. The average Bonchev–Trinajstić information content (AvgIpc) is 3.18. The lowest BCUT2D eigenvalue weighted by molar-refractivity contribution is 0.592. The van der Waals surface area contributed by atoms with Crippen LogP contribution in [0.4, 0.5) is 0 Å². The maximum Gasteiger partial charge on any atom is 0.169 e. The first-order valence-electron chi connectivity index (χ1n) is 6.59. The zero-order chi connectivity index (χ0) is 15.0. The highest BCUT2D eigenvalue weighted by Crippen LogP contribution is 2.62. The van der Waals surface area contributed by atoms with E-state index in [4.69, 9.17) is 0 Å². The molecule has 0 saturated heterocycles. The normalized spacial score (nSPS) is 23.6. The van der Waals surface area contributed by atoms with Crippen LogP contribution in [0.15, 0.2) is 24.3 Å². The summed E-state index contributed by atoms with van der Waals surface area (Å²) in [6, 6.07) is 11.4. The van der Waals surface area contributed by atoms with Crippen LogP contribution >= 0.6 is 0 Å². The summed E-state index contributed by atoms with van der Waals surface area (Å²) in [6.07, 6.45) is 0.892. The zero-order valence-electron chi connectivity index (χ0n) is 11.5. The van der Waals surface area contributed by atoms with E-state index in [0.717, 1.165) is 17.5 Å². The van der Waals surface area contributed by atoms with Gasteiger partial charge in [-0.2, -0.15) is 10.5 Å². The van der Waals surface area contributed by atoms with Crippen LogP contribution in [0.1, 0.15) is 30.9 Å². The molecule has 1 fully saturated rings. The Kier molecular flexibility index (Phi) is 3.58. The lowest BCUT2D eigenvalue weighted by Crippen LogP contribution is -2.15. The molecule has 5 heteroatoms. The molecule has 0 spiro atoms. The fourth-order valence-electron chi connectivity index (χ4n) is 2.72. The number of sulfone groups is 1. The van der Waals surface area contributed by atoms with Gasteiger partial charge in [0, 0.05) is 11.7 Å². The van der Waals surface area contributed by atoms with Crippen molar-refractivity contribution >= 4 is 9.84 Å². The van der Waals surface area contributed by atoms with Crippen molar-refractivity contribution in [2.45, 2.75) is 31.4 Å². The molecule has 2 atom stereocenters. The number of benzene rings is 1. The summed E-state index contributed by atoms with van der Waals surface area (Å²) in [5.41, 5.74) is 0.471. The first kappa shape index (κ1) is 14.6. The van der Waals surface area contributed by atoms with E-state index in [1.807, 2.05) is 43.3 Å². The van der Waals surface area contributed by atoms with E-state index in [9.17, 15) is 18.9 Å². The average molecular weight is 288 g/mol. The van der Waals surface area contributed by atoms with Crippen LogP contribution in [0.2, 0.25) is 0 Å². The van der Waals surface area contributed by atoms with Crippen LogP contribution in [0.5, 0.6) is 0 Å². The van der Waals surface area contributed by atoms with E-state index >= 15 is 0 Å². The highest BCUT2D eigenvalue weighted by atomic mass is 32.2. The fourth-order valence-corrected chi connectivity index (χ4v) is 4.60. The van der Waals surface area contributed by atoms with E-state index in [1.165, 1.54) is 0 Å². The van der Waals surface area contributed by atoms with Gasteiger partial charge in [0.1, 0.15) is 5.25 Å². The van der Waals surface area contributed by atoms with Crippen molar-refractivity contribution in [2.24, 2.45) is 5.41 Å². The topological polar surface area (TPSA) is 81.7 Å². The first-order chi connectivity index (χ1) is 9.46. The van der Waals surface area contributed by atoms with Crippen LogP contribution in [0, 0.1) is 28.1 Å². The number of rotatable bonds is 4. The van der Waals surface area contributed by atoms with Crippen LogP contribution in [-0.4, -0.2) is 19.4 Å². The van der Waals surface area contributed by atoms with Crippen molar-refractivity contribution in [3.8, 4) is 12.1 Å². The van der Waals surface area contributed by atoms with Gasteiger partial charge in [0.2, 0.25) is 0 Å². The van der Waals surface area contributed by atoms with Gasteiger partial charge in [0.05, 0.1) is 12.1 Å². The van der Waals surface area contributed by atoms with Crippen molar-refractivity contribution in [1.29, 1.82) is 10.5 Å². The summed E-state index contributed by atoms with van der Waals surface area (Å²) in [5.74, 6) is -0.583. The van der Waals surface area contributed by atoms with Gasteiger partial charge in [-0.15, -0.1) is 0 Å². The Bertz CT molecular complexity index is 679. The Hall–Kier alpha value is -1.85. The molecule has 0 N–H and O–H groups in total. The lowest BCUT2D eigenvalue weighted by atomic mass is 10.0. The molecule has 1 aromatic carbocycles.